The lowest BCUT2D eigenvalue weighted by atomic mass is 10.1. The minimum atomic E-state index is 0.399. The highest BCUT2D eigenvalue weighted by Gasteiger charge is 2.11. The van der Waals surface area contributed by atoms with Gasteiger partial charge in [0.05, 0.1) is 23.5 Å². The Kier molecular flexibility index (Phi) is 7.10. The predicted molar refractivity (Wildman–Crippen MR) is 127 cm³/mol. The molecule has 0 atom stereocenters. The summed E-state index contributed by atoms with van der Waals surface area (Å²) < 4.78 is 19.0. The monoisotopic (exact) mass is 464 g/mol. The summed E-state index contributed by atoms with van der Waals surface area (Å²) in [5.74, 6) is 2.56. The van der Waals surface area contributed by atoms with Crippen LogP contribution in [0.4, 0.5) is 0 Å². The maximum absolute atomic E-state index is 6.21. The van der Waals surface area contributed by atoms with Crippen molar-refractivity contribution in [1.29, 1.82) is 0 Å². The average molecular weight is 465 g/mol. The number of para-hydroxylation sites is 1. The van der Waals surface area contributed by atoms with Crippen molar-refractivity contribution in [2.24, 2.45) is 0 Å². The van der Waals surface area contributed by atoms with Crippen LogP contribution >= 0.6 is 11.6 Å². The van der Waals surface area contributed by atoms with Crippen molar-refractivity contribution in [2.75, 3.05) is 7.11 Å². The molecule has 33 heavy (non-hydrogen) atoms. The molecule has 0 saturated heterocycles. The van der Waals surface area contributed by atoms with Crippen molar-refractivity contribution in [1.82, 2.24) is 20.0 Å². The van der Waals surface area contributed by atoms with Gasteiger partial charge in [0.25, 0.3) is 0 Å². The van der Waals surface area contributed by atoms with Gasteiger partial charge in [0, 0.05) is 24.6 Å². The van der Waals surface area contributed by atoms with Crippen molar-refractivity contribution in [3.05, 3.63) is 87.8 Å². The highest BCUT2D eigenvalue weighted by Crippen LogP contribution is 2.23. The number of aryl methyl sites for hydroxylation is 3. The third-order valence-corrected chi connectivity index (χ3v) is 5.72. The molecule has 0 aliphatic rings. The molecule has 8 heteroatoms. The van der Waals surface area contributed by atoms with Gasteiger partial charge in [-0.15, -0.1) is 10.2 Å². The van der Waals surface area contributed by atoms with E-state index in [4.69, 9.17) is 25.5 Å². The fourth-order valence-electron chi connectivity index (χ4n) is 3.39. The SMILES string of the molecule is COc1ccc(/C=C\c2nnc(CCn3nc(C)c(Cl)c3C)o2)cc1COc1ccccc1. The second-order valence-corrected chi connectivity index (χ2v) is 7.88. The second-order valence-electron chi connectivity index (χ2n) is 7.50. The van der Waals surface area contributed by atoms with E-state index in [0.29, 0.717) is 36.4 Å². The van der Waals surface area contributed by atoms with Crippen molar-refractivity contribution in [3.63, 3.8) is 0 Å². The number of methoxy groups -OCH3 is 1. The van der Waals surface area contributed by atoms with E-state index in [0.717, 1.165) is 34.0 Å². The Morgan fingerprint density at radius 2 is 1.88 bits per heavy atom. The van der Waals surface area contributed by atoms with Gasteiger partial charge in [-0.2, -0.15) is 5.10 Å². The summed E-state index contributed by atoms with van der Waals surface area (Å²) in [6.45, 7) is 4.85. The Hall–Kier alpha value is -3.58. The van der Waals surface area contributed by atoms with Crippen LogP contribution < -0.4 is 9.47 Å². The fraction of sp³-hybridized carbons (Fsp3) is 0.240. The normalized spacial score (nSPS) is 11.3. The Labute approximate surface area is 197 Å². The first-order chi connectivity index (χ1) is 16.0. The van der Waals surface area contributed by atoms with E-state index in [1.807, 2.05) is 73.1 Å². The summed E-state index contributed by atoms with van der Waals surface area (Å²) in [7, 11) is 1.65. The smallest absolute Gasteiger partial charge is 0.240 e. The molecule has 7 nitrogen and oxygen atoms in total. The standard InChI is InChI=1S/C25H25ClN4O3/c1-17-25(26)18(2)30(29-17)14-13-24-28-27-23(33-24)12-10-19-9-11-22(31-3)20(15-19)16-32-21-7-5-4-6-8-21/h4-12,15H,13-14,16H2,1-3H3/b12-10-. The van der Waals surface area contributed by atoms with Crippen molar-refractivity contribution in [2.45, 2.75) is 33.4 Å². The number of ether oxygens (including phenoxy) is 2. The van der Waals surface area contributed by atoms with Gasteiger partial charge in [0.2, 0.25) is 11.8 Å². The highest BCUT2D eigenvalue weighted by molar-refractivity contribution is 6.31. The van der Waals surface area contributed by atoms with Crippen molar-refractivity contribution < 1.29 is 13.9 Å². The molecule has 0 radical (unpaired) electrons. The maximum atomic E-state index is 6.21. The van der Waals surface area contributed by atoms with Gasteiger partial charge in [0.15, 0.2) is 0 Å². The molecular formula is C25H25ClN4O3. The average Bonchev–Trinajstić information content (AvgIpc) is 3.40. The molecule has 4 aromatic rings. The quantitative estimate of drug-likeness (QED) is 0.324. The largest absolute Gasteiger partial charge is 0.496 e. The van der Waals surface area contributed by atoms with Crippen LogP contribution in [0.1, 0.15) is 34.3 Å². The maximum Gasteiger partial charge on any atom is 0.240 e. The summed E-state index contributed by atoms with van der Waals surface area (Å²) in [5, 5.41) is 13.4. The predicted octanol–water partition coefficient (Wildman–Crippen LogP) is 5.54. The lowest BCUT2D eigenvalue weighted by Crippen LogP contribution is -2.05. The molecular weight excluding hydrogens is 440 g/mol. The molecule has 0 amide bonds. The zero-order chi connectivity index (χ0) is 23.2. The topological polar surface area (TPSA) is 75.2 Å². The zero-order valence-electron chi connectivity index (χ0n) is 18.8. The van der Waals surface area contributed by atoms with Crippen LogP contribution in [0.3, 0.4) is 0 Å². The van der Waals surface area contributed by atoms with Gasteiger partial charge in [0.1, 0.15) is 18.1 Å². The van der Waals surface area contributed by atoms with Crippen molar-refractivity contribution >= 4 is 23.8 Å². The van der Waals surface area contributed by atoms with E-state index in [1.165, 1.54) is 0 Å². The molecule has 0 N–H and O–H groups in total. The molecule has 0 saturated carbocycles. The lowest BCUT2D eigenvalue weighted by Gasteiger charge is -2.11. The van der Waals surface area contributed by atoms with Crippen LogP contribution in [0, 0.1) is 13.8 Å². The van der Waals surface area contributed by atoms with Crippen LogP contribution in [0.15, 0.2) is 52.9 Å². The van der Waals surface area contributed by atoms with Gasteiger partial charge in [-0.25, -0.2) is 0 Å². The minimum absolute atomic E-state index is 0.399. The number of aromatic nitrogens is 4. The van der Waals surface area contributed by atoms with Crippen LogP contribution in [-0.2, 0) is 19.6 Å². The summed E-state index contributed by atoms with van der Waals surface area (Å²) in [6.07, 6.45) is 4.28. The van der Waals surface area contributed by atoms with Gasteiger partial charge < -0.3 is 13.9 Å². The molecule has 170 valence electrons. The first-order valence-electron chi connectivity index (χ1n) is 10.6. The van der Waals surface area contributed by atoms with E-state index >= 15 is 0 Å². The van der Waals surface area contributed by atoms with Crippen LogP contribution in [-0.4, -0.2) is 27.1 Å². The fourth-order valence-corrected chi connectivity index (χ4v) is 3.52. The van der Waals surface area contributed by atoms with E-state index < -0.39 is 0 Å². The Balaban J connectivity index is 1.40. The third kappa shape index (κ3) is 5.62. The van der Waals surface area contributed by atoms with E-state index in [-0.39, 0.29) is 0 Å². The number of nitrogens with zero attached hydrogens (tertiary/aromatic N) is 4. The number of rotatable bonds is 9. The molecule has 0 unspecified atom stereocenters. The number of benzene rings is 2. The third-order valence-electron chi connectivity index (χ3n) is 5.17. The first-order valence-corrected chi connectivity index (χ1v) is 11.0. The highest BCUT2D eigenvalue weighted by atomic mass is 35.5. The molecule has 2 heterocycles. The Morgan fingerprint density at radius 3 is 2.61 bits per heavy atom. The minimum Gasteiger partial charge on any atom is -0.496 e. The van der Waals surface area contributed by atoms with Gasteiger partial charge in [-0.05, 0) is 49.8 Å². The van der Waals surface area contributed by atoms with Crippen molar-refractivity contribution in [3.8, 4) is 11.5 Å². The molecule has 4 rings (SSSR count). The summed E-state index contributed by atoms with van der Waals surface area (Å²) in [6, 6.07) is 15.6. The van der Waals surface area contributed by atoms with Crippen LogP contribution in [0.5, 0.6) is 11.5 Å². The molecule has 0 spiro atoms. The van der Waals surface area contributed by atoms with E-state index in [2.05, 4.69) is 15.3 Å². The summed E-state index contributed by atoms with van der Waals surface area (Å²) >= 11 is 6.21. The summed E-state index contributed by atoms with van der Waals surface area (Å²) in [5.41, 5.74) is 3.66. The first kappa shape index (κ1) is 22.6. The van der Waals surface area contributed by atoms with E-state index in [1.54, 1.807) is 13.2 Å². The Bertz CT molecular complexity index is 1250. The molecule has 0 bridgehead atoms. The zero-order valence-corrected chi connectivity index (χ0v) is 19.5. The van der Waals surface area contributed by atoms with E-state index in [9.17, 15) is 0 Å². The molecule has 0 fully saturated rings. The molecule has 0 aliphatic heterocycles. The number of hydrogen-bond acceptors (Lipinski definition) is 6. The van der Waals surface area contributed by atoms with Gasteiger partial charge in [-0.1, -0.05) is 35.9 Å². The van der Waals surface area contributed by atoms with Crippen LogP contribution in [0.2, 0.25) is 5.02 Å². The molecule has 0 aliphatic carbocycles. The van der Waals surface area contributed by atoms with Gasteiger partial charge >= 0.3 is 0 Å². The lowest BCUT2D eigenvalue weighted by molar-refractivity contribution is 0.296. The van der Waals surface area contributed by atoms with Crippen LogP contribution in [0.25, 0.3) is 12.2 Å². The van der Waals surface area contributed by atoms with Gasteiger partial charge in [-0.3, -0.25) is 4.68 Å². The molecule has 2 aromatic heterocycles. The molecule has 2 aromatic carbocycles. The number of hydrogen-bond donors (Lipinski definition) is 0. The number of halogens is 1. The second kappa shape index (κ2) is 10.4. The summed E-state index contributed by atoms with van der Waals surface area (Å²) in [4.78, 5) is 0. The Morgan fingerprint density at radius 1 is 1.06 bits per heavy atom.